The zero-order valence-electron chi connectivity index (χ0n) is 20.2. The predicted molar refractivity (Wildman–Crippen MR) is 146 cm³/mol. The van der Waals surface area contributed by atoms with Crippen molar-refractivity contribution in [2.24, 2.45) is 0 Å². The van der Waals surface area contributed by atoms with Crippen molar-refractivity contribution in [2.75, 3.05) is 14.2 Å². The molecule has 1 atom stereocenters. The second-order valence-corrected chi connectivity index (χ2v) is 10.7. The molecule has 0 amide bonds. The highest BCUT2D eigenvalue weighted by Gasteiger charge is 2.33. The maximum absolute atomic E-state index is 6.06. The molecule has 1 aliphatic rings. The maximum atomic E-state index is 6.06. The molecule has 2 rings (SSSR count). The SMILES string of the molecule is C/C=C/C1=C(C(/C)=C\I)CC/C(=C(OC)\C(C)=C/CC)P1c1cc(C)cc(C)c1OC. The molecule has 0 radical (unpaired) electrons. The van der Waals surface area contributed by atoms with Gasteiger partial charge in [-0.05, 0) is 105 Å². The van der Waals surface area contributed by atoms with E-state index in [4.69, 9.17) is 9.47 Å². The molecule has 1 heterocycles. The molecule has 4 heteroatoms. The first-order valence-corrected chi connectivity index (χ1v) is 13.5. The highest BCUT2D eigenvalue weighted by molar-refractivity contribution is 14.1. The highest BCUT2D eigenvalue weighted by atomic mass is 127. The van der Waals surface area contributed by atoms with Crippen LogP contribution in [0, 0.1) is 13.8 Å². The molecule has 1 aliphatic heterocycles. The molecular formula is C27H36IO2P. The fraction of sp³-hybridized carbons (Fsp3) is 0.407. The summed E-state index contributed by atoms with van der Waals surface area (Å²) in [5.74, 6) is 2.05. The second kappa shape index (κ2) is 12.1. The Bertz CT molecular complexity index is 964. The van der Waals surface area contributed by atoms with Crippen molar-refractivity contribution in [3.05, 3.63) is 78.7 Å². The van der Waals surface area contributed by atoms with Crippen molar-refractivity contribution >= 4 is 35.8 Å². The quantitative estimate of drug-likeness (QED) is 0.192. The van der Waals surface area contributed by atoms with E-state index in [9.17, 15) is 0 Å². The van der Waals surface area contributed by atoms with Gasteiger partial charge in [0.2, 0.25) is 0 Å². The van der Waals surface area contributed by atoms with Crippen molar-refractivity contribution in [3.63, 3.8) is 0 Å². The van der Waals surface area contributed by atoms with Gasteiger partial charge in [0.1, 0.15) is 11.5 Å². The van der Waals surface area contributed by atoms with Gasteiger partial charge in [-0.15, -0.1) is 0 Å². The summed E-state index contributed by atoms with van der Waals surface area (Å²) in [5, 5.41) is 4.10. The number of rotatable bonds is 7. The Morgan fingerprint density at radius 3 is 2.42 bits per heavy atom. The molecule has 1 aromatic carbocycles. The summed E-state index contributed by atoms with van der Waals surface area (Å²) in [6.07, 6.45) is 9.77. The summed E-state index contributed by atoms with van der Waals surface area (Å²) in [5.41, 5.74) is 6.48. The molecule has 0 aliphatic carbocycles. The van der Waals surface area contributed by atoms with Crippen LogP contribution in [0.25, 0.3) is 0 Å². The maximum Gasteiger partial charge on any atom is 0.130 e. The Balaban J connectivity index is 3.00. The molecule has 0 saturated carbocycles. The summed E-state index contributed by atoms with van der Waals surface area (Å²) in [7, 11) is 2.82. The normalized spacial score (nSPS) is 19.8. The Morgan fingerprint density at radius 2 is 1.87 bits per heavy atom. The average molecular weight is 550 g/mol. The van der Waals surface area contributed by atoms with Gasteiger partial charge in [0.25, 0.3) is 0 Å². The smallest absolute Gasteiger partial charge is 0.130 e. The van der Waals surface area contributed by atoms with Crippen LogP contribution < -0.4 is 10.0 Å². The number of aryl methyl sites for hydroxylation is 2. The lowest BCUT2D eigenvalue weighted by Gasteiger charge is -2.34. The van der Waals surface area contributed by atoms with Crippen LogP contribution in [-0.2, 0) is 4.74 Å². The van der Waals surface area contributed by atoms with Crippen LogP contribution in [0.5, 0.6) is 5.75 Å². The zero-order chi connectivity index (χ0) is 23.1. The van der Waals surface area contributed by atoms with Gasteiger partial charge in [-0.2, -0.15) is 0 Å². The lowest BCUT2D eigenvalue weighted by molar-refractivity contribution is 0.297. The molecule has 2 nitrogen and oxygen atoms in total. The Labute approximate surface area is 204 Å². The summed E-state index contributed by atoms with van der Waals surface area (Å²) in [6, 6.07) is 4.53. The van der Waals surface area contributed by atoms with Crippen LogP contribution >= 0.6 is 30.5 Å². The molecule has 0 aromatic heterocycles. The third kappa shape index (κ3) is 5.73. The van der Waals surface area contributed by atoms with Gasteiger partial charge >= 0.3 is 0 Å². The Hall–Kier alpha value is -1.32. The van der Waals surface area contributed by atoms with E-state index in [-0.39, 0.29) is 0 Å². The van der Waals surface area contributed by atoms with Gasteiger partial charge in [0.05, 0.1) is 14.2 Å². The molecule has 0 bridgehead atoms. The van der Waals surface area contributed by atoms with Crippen molar-refractivity contribution in [1.82, 2.24) is 0 Å². The van der Waals surface area contributed by atoms with Crippen LogP contribution in [0.1, 0.15) is 58.1 Å². The zero-order valence-corrected chi connectivity index (χ0v) is 23.3. The lowest BCUT2D eigenvalue weighted by Crippen LogP contribution is -2.16. The largest absolute Gasteiger partial charge is 0.496 e. The molecule has 0 fully saturated rings. The number of hydrogen-bond acceptors (Lipinski definition) is 2. The number of allylic oxidation sites excluding steroid dienone is 8. The molecule has 1 aromatic rings. The average Bonchev–Trinajstić information content (AvgIpc) is 2.74. The molecule has 1 unspecified atom stereocenters. The number of hydrogen-bond donors (Lipinski definition) is 0. The lowest BCUT2D eigenvalue weighted by atomic mass is 10.0. The summed E-state index contributed by atoms with van der Waals surface area (Å²) >= 11 is 2.36. The first kappa shape index (κ1) is 25.9. The number of ether oxygens (including phenoxy) is 2. The van der Waals surface area contributed by atoms with Crippen molar-refractivity contribution < 1.29 is 9.47 Å². The van der Waals surface area contributed by atoms with Gasteiger partial charge in [0, 0.05) is 10.6 Å². The van der Waals surface area contributed by atoms with Crippen molar-refractivity contribution in [1.29, 1.82) is 0 Å². The van der Waals surface area contributed by atoms with Crippen molar-refractivity contribution in [2.45, 2.75) is 60.8 Å². The third-order valence-electron chi connectivity index (χ3n) is 5.58. The van der Waals surface area contributed by atoms with Crippen LogP contribution in [0.2, 0.25) is 0 Å². The fourth-order valence-corrected chi connectivity index (χ4v) is 8.00. The molecule has 0 saturated heterocycles. The minimum absolute atomic E-state index is 0.787. The van der Waals surface area contributed by atoms with E-state index in [0.717, 1.165) is 30.8 Å². The topological polar surface area (TPSA) is 18.5 Å². The molecule has 0 N–H and O–H groups in total. The summed E-state index contributed by atoms with van der Waals surface area (Å²) in [4.78, 5) is 0. The molecule has 0 spiro atoms. The summed E-state index contributed by atoms with van der Waals surface area (Å²) in [6.45, 7) is 13.0. The Morgan fingerprint density at radius 1 is 1.16 bits per heavy atom. The van der Waals surface area contributed by atoms with Crippen LogP contribution in [0.15, 0.2) is 67.6 Å². The van der Waals surface area contributed by atoms with E-state index in [0.29, 0.717) is 0 Å². The van der Waals surface area contributed by atoms with E-state index in [1.54, 1.807) is 7.11 Å². The van der Waals surface area contributed by atoms with Crippen LogP contribution in [0.4, 0.5) is 0 Å². The first-order valence-electron chi connectivity index (χ1n) is 10.9. The molecule has 31 heavy (non-hydrogen) atoms. The minimum atomic E-state index is -0.787. The minimum Gasteiger partial charge on any atom is -0.496 e. The fourth-order valence-electron chi connectivity index (χ4n) is 4.32. The highest BCUT2D eigenvalue weighted by Crippen LogP contribution is 2.62. The van der Waals surface area contributed by atoms with Crippen LogP contribution in [0.3, 0.4) is 0 Å². The van der Waals surface area contributed by atoms with Gasteiger partial charge < -0.3 is 9.47 Å². The number of methoxy groups -OCH3 is 2. The molecule has 168 valence electrons. The van der Waals surface area contributed by atoms with Gasteiger partial charge in [-0.1, -0.05) is 53.8 Å². The van der Waals surface area contributed by atoms with E-state index in [2.05, 4.69) is 98.6 Å². The van der Waals surface area contributed by atoms with Gasteiger partial charge in [-0.25, -0.2) is 0 Å². The van der Waals surface area contributed by atoms with Crippen LogP contribution in [-0.4, -0.2) is 14.2 Å². The Kier molecular flexibility index (Phi) is 10.1. The van der Waals surface area contributed by atoms with Gasteiger partial charge in [0.15, 0.2) is 0 Å². The first-order chi connectivity index (χ1) is 14.8. The van der Waals surface area contributed by atoms with Gasteiger partial charge in [-0.3, -0.25) is 0 Å². The standard InChI is InChI=1S/C27H36IO2P/c1-9-11-19(4)26(29-7)24-14-13-22(21(6)17-28)23(12-10-2)31(24)25-16-18(3)15-20(5)27(25)30-8/h10-12,15-17H,9,13-14H2,1-8H3/b12-10+,19-11-,21-17-,26-24-. The molecular weight excluding hydrogens is 514 g/mol. The number of benzene rings is 1. The second-order valence-electron chi connectivity index (χ2n) is 7.90. The van der Waals surface area contributed by atoms with E-state index in [1.807, 2.05) is 7.11 Å². The predicted octanol–water partition coefficient (Wildman–Crippen LogP) is 8.60. The number of halogens is 1. The van der Waals surface area contributed by atoms with Crippen molar-refractivity contribution in [3.8, 4) is 5.75 Å². The van der Waals surface area contributed by atoms with E-state index < -0.39 is 7.92 Å². The van der Waals surface area contributed by atoms with E-state index >= 15 is 0 Å². The monoisotopic (exact) mass is 550 g/mol. The van der Waals surface area contributed by atoms with E-state index in [1.165, 1.54) is 43.8 Å². The summed E-state index contributed by atoms with van der Waals surface area (Å²) < 4.78 is 14.2. The third-order valence-corrected chi connectivity index (χ3v) is 9.19.